The summed E-state index contributed by atoms with van der Waals surface area (Å²) < 4.78 is 0. The van der Waals surface area contributed by atoms with E-state index in [1.54, 1.807) is 24.3 Å². The maximum Gasteiger partial charge on any atom is 0.316 e. The molecule has 3 amide bonds. The van der Waals surface area contributed by atoms with Gasteiger partial charge >= 0.3 is 6.03 Å². The SMILES string of the molecule is NC(=O)Nc1ccc(C(=O)N2CC(O)C(O)C2)cc1. The average Bonchev–Trinajstić information content (AvgIpc) is 2.69. The summed E-state index contributed by atoms with van der Waals surface area (Å²) in [7, 11) is 0. The summed E-state index contributed by atoms with van der Waals surface area (Å²) in [6.45, 7) is 0.225. The molecule has 0 radical (unpaired) electrons. The minimum atomic E-state index is -0.903. The van der Waals surface area contributed by atoms with Gasteiger partial charge in [-0.15, -0.1) is 0 Å². The lowest BCUT2D eigenvalue weighted by Crippen LogP contribution is -2.29. The highest BCUT2D eigenvalue weighted by Crippen LogP contribution is 2.16. The maximum atomic E-state index is 12.1. The third-order valence-corrected chi connectivity index (χ3v) is 2.95. The number of nitrogens with two attached hydrogens (primary N) is 1. The number of aliphatic hydroxyl groups is 2. The Morgan fingerprint density at radius 3 is 2.16 bits per heavy atom. The lowest BCUT2D eigenvalue weighted by molar-refractivity contribution is 0.0572. The monoisotopic (exact) mass is 265 g/mol. The van der Waals surface area contributed by atoms with Crippen LogP contribution >= 0.6 is 0 Å². The van der Waals surface area contributed by atoms with Crippen molar-refractivity contribution in [2.24, 2.45) is 5.73 Å². The summed E-state index contributed by atoms with van der Waals surface area (Å²) in [6, 6.07) is 5.53. The molecule has 0 aromatic heterocycles. The van der Waals surface area contributed by atoms with Gasteiger partial charge in [0, 0.05) is 24.3 Å². The lowest BCUT2D eigenvalue weighted by atomic mass is 10.2. The van der Waals surface area contributed by atoms with E-state index < -0.39 is 18.2 Å². The lowest BCUT2D eigenvalue weighted by Gasteiger charge is -2.15. The summed E-state index contributed by atoms with van der Waals surface area (Å²) in [6.07, 6.45) is -1.81. The molecular formula is C12H15N3O4. The van der Waals surface area contributed by atoms with Crippen LogP contribution in [0.2, 0.25) is 0 Å². The molecule has 1 aromatic carbocycles. The molecule has 1 aliphatic heterocycles. The van der Waals surface area contributed by atoms with Crippen LogP contribution in [-0.4, -0.2) is 52.3 Å². The Hall–Kier alpha value is -2.12. The number of rotatable bonds is 2. The second kappa shape index (κ2) is 5.25. The predicted octanol–water partition coefficient (Wildman–Crippen LogP) is -0.645. The van der Waals surface area contributed by atoms with Crippen LogP contribution in [0.5, 0.6) is 0 Å². The quantitative estimate of drug-likeness (QED) is 0.569. The van der Waals surface area contributed by atoms with Crippen molar-refractivity contribution in [2.75, 3.05) is 18.4 Å². The van der Waals surface area contributed by atoms with E-state index in [1.807, 2.05) is 0 Å². The highest BCUT2D eigenvalue weighted by molar-refractivity contribution is 5.95. The summed E-state index contributed by atoms with van der Waals surface area (Å²) in [5.41, 5.74) is 5.88. The van der Waals surface area contributed by atoms with Gasteiger partial charge in [-0.2, -0.15) is 0 Å². The van der Waals surface area contributed by atoms with E-state index in [0.717, 1.165) is 0 Å². The molecular weight excluding hydrogens is 250 g/mol. The first kappa shape index (κ1) is 13.3. The van der Waals surface area contributed by atoms with E-state index >= 15 is 0 Å². The van der Waals surface area contributed by atoms with Crippen LogP contribution in [0.4, 0.5) is 10.5 Å². The Morgan fingerprint density at radius 1 is 1.16 bits per heavy atom. The molecule has 0 aliphatic carbocycles. The van der Waals surface area contributed by atoms with Crippen LogP contribution in [0, 0.1) is 0 Å². The van der Waals surface area contributed by atoms with E-state index in [2.05, 4.69) is 5.32 Å². The third kappa shape index (κ3) is 3.01. The number of hydrogen-bond acceptors (Lipinski definition) is 4. The van der Waals surface area contributed by atoms with Gasteiger partial charge in [-0.05, 0) is 24.3 Å². The number of anilines is 1. The Kier molecular flexibility index (Phi) is 3.68. The van der Waals surface area contributed by atoms with Crippen molar-refractivity contribution < 1.29 is 19.8 Å². The molecule has 7 heteroatoms. The fourth-order valence-electron chi connectivity index (χ4n) is 1.96. The molecule has 1 aromatic rings. The summed E-state index contributed by atoms with van der Waals surface area (Å²) >= 11 is 0. The van der Waals surface area contributed by atoms with Crippen molar-refractivity contribution >= 4 is 17.6 Å². The van der Waals surface area contributed by atoms with Crippen molar-refractivity contribution in [1.29, 1.82) is 0 Å². The first-order valence-electron chi connectivity index (χ1n) is 5.79. The Morgan fingerprint density at radius 2 is 1.68 bits per heavy atom. The highest BCUT2D eigenvalue weighted by Gasteiger charge is 2.32. The number of nitrogens with one attached hydrogen (secondary N) is 1. The number of likely N-dealkylation sites (tertiary alicyclic amines) is 1. The van der Waals surface area contributed by atoms with Crippen LogP contribution in [-0.2, 0) is 0 Å². The van der Waals surface area contributed by atoms with Gasteiger partial charge in [0.05, 0.1) is 12.2 Å². The fourth-order valence-corrected chi connectivity index (χ4v) is 1.96. The van der Waals surface area contributed by atoms with E-state index in [-0.39, 0.29) is 19.0 Å². The Bertz CT molecular complexity index is 478. The first-order chi connectivity index (χ1) is 8.97. The molecule has 1 fully saturated rings. The maximum absolute atomic E-state index is 12.1. The largest absolute Gasteiger partial charge is 0.388 e. The second-order valence-corrected chi connectivity index (χ2v) is 4.41. The van der Waals surface area contributed by atoms with Crippen molar-refractivity contribution in [3.8, 4) is 0 Å². The fraction of sp³-hybridized carbons (Fsp3) is 0.333. The smallest absolute Gasteiger partial charge is 0.316 e. The first-order valence-corrected chi connectivity index (χ1v) is 5.79. The Labute approximate surface area is 109 Å². The standard InChI is InChI=1S/C12H15N3O4/c13-12(19)14-8-3-1-7(2-4-8)11(18)15-5-9(16)10(17)6-15/h1-4,9-10,16-17H,5-6H2,(H3,13,14,19). The number of urea groups is 1. The average molecular weight is 265 g/mol. The zero-order valence-electron chi connectivity index (χ0n) is 10.1. The number of carbonyl (C=O) groups is 2. The van der Waals surface area contributed by atoms with Crippen LogP contribution in [0.3, 0.4) is 0 Å². The molecule has 2 unspecified atom stereocenters. The number of nitrogens with zero attached hydrogens (tertiary/aromatic N) is 1. The van der Waals surface area contributed by atoms with Gasteiger partial charge in [-0.3, -0.25) is 4.79 Å². The van der Waals surface area contributed by atoms with Gasteiger partial charge in [0.2, 0.25) is 0 Å². The molecule has 19 heavy (non-hydrogen) atoms. The van der Waals surface area contributed by atoms with Gasteiger partial charge in [0.15, 0.2) is 0 Å². The van der Waals surface area contributed by atoms with Gasteiger partial charge < -0.3 is 26.2 Å². The van der Waals surface area contributed by atoms with Crippen molar-refractivity contribution in [2.45, 2.75) is 12.2 Å². The van der Waals surface area contributed by atoms with E-state index in [4.69, 9.17) is 5.73 Å². The molecule has 102 valence electrons. The number of amides is 3. The van der Waals surface area contributed by atoms with Gasteiger partial charge in [-0.25, -0.2) is 4.79 Å². The topological polar surface area (TPSA) is 116 Å². The summed E-state index contributed by atoms with van der Waals surface area (Å²) in [5, 5.41) is 21.2. The zero-order chi connectivity index (χ0) is 14.0. The molecule has 5 N–H and O–H groups in total. The molecule has 0 spiro atoms. The Balaban J connectivity index is 2.06. The minimum Gasteiger partial charge on any atom is -0.388 e. The normalized spacial score (nSPS) is 22.3. The molecule has 0 bridgehead atoms. The van der Waals surface area contributed by atoms with Crippen molar-refractivity contribution in [3.05, 3.63) is 29.8 Å². The molecule has 1 saturated heterocycles. The second-order valence-electron chi connectivity index (χ2n) is 4.41. The van der Waals surface area contributed by atoms with E-state index in [9.17, 15) is 19.8 Å². The van der Waals surface area contributed by atoms with Gasteiger partial charge in [0.1, 0.15) is 0 Å². The molecule has 1 aliphatic rings. The van der Waals surface area contributed by atoms with Crippen LogP contribution in [0.1, 0.15) is 10.4 Å². The van der Waals surface area contributed by atoms with Gasteiger partial charge in [0.25, 0.3) is 5.91 Å². The summed E-state index contributed by atoms with van der Waals surface area (Å²) in [4.78, 5) is 24.1. The van der Waals surface area contributed by atoms with Gasteiger partial charge in [-0.1, -0.05) is 0 Å². The zero-order valence-corrected chi connectivity index (χ0v) is 10.1. The van der Waals surface area contributed by atoms with E-state index in [0.29, 0.717) is 11.3 Å². The number of β-amino-alcohol motifs (C(OH)–C–C–N with tert-alkyl or cyclic N) is 2. The number of carbonyl (C=O) groups excluding carboxylic acids is 2. The van der Waals surface area contributed by atoms with Crippen LogP contribution in [0.25, 0.3) is 0 Å². The van der Waals surface area contributed by atoms with Crippen molar-refractivity contribution in [3.63, 3.8) is 0 Å². The number of benzene rings is 1. The molecule has 1 heterocycles. The van der Waals surface area contributed by atoms with E-state index in [1.165, 1.54) is 4.90 Å². The number of hydrogen-bond donors (Lipinski definition) is 4. The number of aliphatic hydroxyl groups excluding tert-OH is 2. The molecule has 2 rings (SSSR count). The molecule has 7 nitrogen and oxygen atoms in total. The van der Waals surface area contributed by atoms with Crippen LogP contribution in [0.15, 0.2) is 24.3 Å². The van der Waals surface area contributed by atoms with Crippen molar-refractivity contribution in [1.82, 2.24) is 4.90 Å². The number of primary amides is 1. The van der Waals surface area contributed by atoms with Crippen LogP contribution < -0.4 is 11.1 Å². The minimum absolute atomic E-state index is 0.112. The molecule has 2 atom stereocenters. The molecule has 0 saturated carbocycles. The highest BCUT2D eigenvalue weighted by atomic mass is 16.3. The summed E-state index contributed by atoms with van der Waals surface area (Å²) in [5.74, 6) is -0.277. The predicted molar refractivity (Wildman–Crippen MR) is 67.6 cm³/mol. The third-order valence-electron chi connectivity index (χ3n) is 2.95.